The molecule has 1 heterocycles. The van der Waals surface area contributed by atoms with Crippen LogP contribution in [0.15, 0.2) is 46.9 Å². The lowest BCUT2D eigenvalue weighted by molar-refractivity contribution is 0.0694. The summed E-state index contributed by atoms with van der Waals surface area (Å²) in [4.78, 5) is 23.6. The SMILES string of the molecule is CC.CC(C)C.CCCn1cc(C(=O)O)c(=O)cc1/C(C)=C/C(=C(C)C)c1c(C)cccc1F. The highest BCUT2D eigenvalue weighted by molar-refractivity contribution is 5.88. The highest BCUT2D eigenvalue weighted by Gasteiger charge is 2.15. The van der Waals surface area contributed by atoms with Crippen molar-refractivity contribution in [1.82, 2.24) is 4.57 Å². The van der Waals surface area contributed by atoms with Gasteiger partial charge in [-0.3, -0.25) is 4.79 Å². The Morgan fingerprint density at radius 1 is 1.15 bits per heavy atom. The lowest BCUT2D eigenvalue weighted by Crippen LogP contribution is -2.19. The summed E-state index contributed by atoms with van der Waals surface area (Å²) in [5.74, 6) is -0.706. The molecule has 1 N–H and O–H groups in total. The Hall–Kier alpha value is -2.95. The molecule has 0 amide bonds. The van der Waals surface area contributed by atoms with Crippen molar-refractivity contribution in [2.45, 2.75) is 82.2 Å². The van der Waals surface area contributed by atoms with Crippen LogP contribution < -0.4 is 5.43 Å². The van der Waals surface area contributed by atoms with E-state index in [1.54, 1.807) is 10.6 Å². The molecule has 34 heavy (non-hydrogen) atoms. The number of pyridine rings is 1. The van der Waals surface area contributed by atoms with E-state index in [-0.39, 0.29) is 11.4 Å². The molecular formula is C29H42FNO3. The molecule has 0 radical (unpaired) electrons. The second kappa shape index (κ2) is 15.0. The monoisotopic (exact) mass is 471 g/mol. The summed E-state index contributed by atoms with van der Waals surface area (Å²) in [5.41, 5.74) is 3.66. The van der Waals surface area contributed by atoms with Crippen LogP contribution in [0.1, 0.15) is 95.9 Å². The predicted molar refractivity (Wildman–Crippen MR) is 143 cm³/mol. The van der Waals surface area contributed by atoms with Gasteiger partial charge in [-0.25, -0.2) is 9.18 Å². The van der Waals surface area contributed by atoms with Gasteiger partial charge >= 0.3 is 5.97 Å². The van der Waals surface area contributed by atoms with E-state index in [9.17, 15) is 19.1 Å². The smallest absolute Gasteiger partial charge is 0.341 e. The maximum atomic E-state index is 14.5. The molecule has 0 aliphatic heterocycles. The van der Waals surface area contributed by atoms with E-state index in [1.165, 1.54) is 18.3 Å². The third-order valence-corrected chi connectivity index (χ3v) is 4.62. The molecule has 0 aliphatic carbocycles. The van der Waals surface area contributed by atoms with Gasteiger partial charge in [0.05, 0.1) is 0 Å². The van der Waals surface area contributed by atoms with Crippen molar-refractivity contribution in [1.29, 1.82) is 0 Å². The summed E-state index contributed by atoms with van der Waals surface area (Å²) >= 11 is 0. The number of aromatic carboxylic acids is 1. The summed E-state index contributed by atoms with van der Waals surface area (Å²) < 4.78 is 16.3. The van der Waals surface area contributed by atoms with Crippen LogP contribution in [-0.4, -0.2) is 15.6 Å². The molecule has 0 unspecified atom stereocenters. The van der Waals surface area contributed by atoms with E-state index >= 15 is 0 Å². The summed E-state index contributed by atoms with van der Waals surface area (Å²) in [7, 11) is 0. The Bertz CT molecular complexity index is 1050. The fourth-order valence-corrected chi connectivity index (χ4v) is 3.23. The van der Waals surface area contributed by atoms with Crippen LogP contribution in [0.25, 0.3) is 11.1 Å². The zero-order valence-corrected chi connectivity index (χ0v) is 22.5. The number of halogens is 1. The fraction of sp³-hybridized carbons (Fsp3) is 0.448. The second-order valence-electron chi connectivity index (χ2n) is 8.84. The van der Waals surface area contributed by atoms with Gasteiger partial charge in [0.2, 0.25) is 0 Å². The summed E-state index contributed by atoms with van der Waals surface area (Å²) in [6.07, 6.45) is 4.03. The zero-order chi connectivity index (χ0) is 26.6. The van der Waals surface area contributed by atoms with E-state index in [0.29, 0.717) is 17.8 Å². The van der Waals surface area contributed by atoms with Gasteiger partial charge in [0, 0.05) is 30.1 Å². The number of aryl methyl sites for hydroxylation is 2. The molecule has 0 aliphatic rings. The van der Waals surface area contributed by atoms with Crippen molar-refractivity contribution >= 4 is 17.1 Å². The Kier molecular flexibility index (Phi) is 13.7. The Labute approximate surface area is 204 Å². The first kappa shape index (κ1) is 31.0. The molecule has 0 saturated carbocycles. The largest absolute Gasteiger partial charge is 0.477 e. The molecule has 5 heteroatoms. The molecule has 188 valence electrons. The number of benzene rings is 1. The van der Waals surface area contributed by atoms with E-state index < -0.39 is 11.4 Å². The molecule has 0 spiro atoms. The first-order chi connectivity index (χ1) is 15.9. The highest BCUT2D eigenvalue weighted by atomic mass is 19.1. The van der Waals surface area contributed by atoms with Crippen molar-refractivity contribution in [3.05, 3.63) is 80.5 Å². The number of rotatable bonds is 6. The van der Waals surface area contributed by atoms with Gasteiger partial charge in [-0.15, -0.1) is 0 Å². The third-order valence-electron chi connectivity index (χ3n) is 4.62. The highest BCUT2D eigenvalue weighted by Crippen LogP contribution is 2.29. The number of aromatic nitrogens is 1. The number of allylic oxidation sites excluding steroid dienone is 4. The van der Waals surface area contributed by atoms with E-state index in [4.69, 9.17) is 0 Å². The van der Waals surface area contributed by atoms with Crippen LogP contribution in [0, 0.1) is 18.7 Å². The number of hydrogen-bond donors (Lipinski definition) is 1. The normalized spacial score (nSPS) is 10.6. The lowest BCUT2D eigenvalue weighted by Gasteiger charge is -2.16. The molecule has 0 atom stereocenters. The maximum Gasteiger partial charge on any atom is 0.341 e. The average Bonchev–Trinajstić information content (AvgIpc) is 2.74. The minimum Gasteiger partial charge on any atom is -0.477 e. The number of hydrogen-bond acceptors (Lipinski definition) is 2. The molecule has 1 aromatic heterocycles. The molecule has 0 saturated heterocycles. The van der Waals surface area contributed by atoms with Crippen LogP contribution in [0.3, 0.4) is 0 Å². The summed E-state index contributed by atoms with van der Waals surface area (Å²) in [6.45, 7) is 20.6. The molecule has 0 fully saturated rings. The van der Waals surface area contributed by atoms with Gasteiger partial charge in [-0.1, -0.05) is 59.2 Å². The molecular weight excluding hydrogens is 429 g/mol. The minimum absolute atomic E-state index is 0.252. The standard InChI is InChI=1S/C23H26FNO3.C4H10.C2H6/c1-6-10-25-13-18(23(27)28)21(26)12-20(25)16(5)11-17(14(2)3)22-15(4)8-7-9-19(22)24;1-4(2)3;1-2/h7-9,11-13H,6,10H2,1-5H3,(H,27,28);4H,1-3H3;1-2H3/b16-11+;;. The fourth-order valence-electron chi connectivity index (χ4n) is 3.23. The Morgan fingerprint density at radius 2 is 1.71 bits per heavy atom. The van der Waals surface area contributed by atoms with E-state index in [0.717, 1.165) is 34.6 Å². The van der Waals surface area contributed by atoms with Crippen molar-refractivity contribution < 1.29 is 14.3 Å². The van der Waals surface area contributed by atoms with Crippen molar-refractivity contribution in [2.75, 3.05) is 0 Å². The maximum absolute atomic E-state index is 14.5. The Morgan fingerprint density at radius 3 is 2.15 bits per heavy atom. The number of carboxylic acid groups (broad SMARTS) is 1. The molecule has 2 rings (SSSR count). The van der Waals surface area contributed by atoms with Crippen molar-refractivity contribution in [2.24, 2.45) is 5.92 Å². The van der Waals surface area contributed by atoms with E-state index in [2.05, 4.69) is 20.8 Å². The van der Waals surface area contributed by atoms with Gasteiger partial charge in [0.15, 0.2) is 5.43 Å². The second-order valence-corrected chi connectivity index (χ2v) is 8.84. The first-order valence-corrected chi connectivity index (χ1v) is 12.0. The molecule has 4 nitrogen and oxygen atoms in total. The lowest BCUT2D eigenvalue weighted by atomic mass is 9.94. The van der Waals surface area contributed by atoms with Crippen molar-refractivity contribution in [3.63, 3.8) is 0 Å². The van der Waals surface area contributed by atoms with Crippen LogP contribution >= 0.6 is 0 Å². The quantitative estimate of drug-likeness (QED) is 0.434. The third kappa shape index (κ3) is 9.12. The van der Waals surface area contributed by atoms with Crippen LogP contribution in [-0.2, 0) is 6.54 Å². The van der Waals surface area contributed by atoms with Gasteiger partial charge < -0.3 is 9.67 Å². The first-order valence-electron chi connectivity index (χ1n) is 12.0. The van der Waals surface area contributed by atoms with Crippen LogP contribution in [0.5, 0.6) is 0 Å². The van der Waals surface area contributed by atoms with Gasteiger partial charge in [-0.05, 0) is 68.9 Å². The van der Waals surface area contributed by atoms with Crippen LogP contribution in [0.2, 0.25) is 0 Å². The Balaban J connectivity index is 0.00000164. The summed E-state index contributed by atoms with van der Waals surface area (Å²) in [5, 5.41) is 9.24. The van der Waals surface area contributed by atoms with Crippen molar-refractivity contribution in [3.8, 4) is 0 Å². The zero-order valence-electron chi connectivity index (χ0n) is 22.5. The topological polar surface area (TPSA) is 59.3 Å². The van der Waals surface area contributed by atoms with Crippen LogP contribution in [0.4, 0.5) is 4.39 Å². The average molecular weight is 472 g/mol. The van der Waals surface area contributed by atoms with Gasteiger partial charge in [-0.2, -0.15) is 0 Å². The number of nitrogens with zero attached hydrogens (tertiary/aromatic N) is 1. The molecule has 1 aromatic carbocycles. The predicted octanol–water partition coefficient (Wildman–Crippen LogP) is 7.99. The van der Waals surface area contributed by atoms with E-state index in [1.807, 2.05) is 60.6 Å². The molecule has 2 aromatic rings. The number of carbonyl (C=O) groups is 1. The van der Waals surface area contributed by atoms with Gasteiger partial charge in [0.25, 0.3) is 0 Å². The van der Waals surface area contributed by atoms with Gasteiger partial charge in [0.1, 0.15) is 11.4 Å². The minimum atomic E-state index is -1.24. The molecule has 0 bridgehead atoms. The number of carboxylic acids is 1. The summed E-state index contributed by atoms with van der Waals surface area (Å²) in [6, 6.07) is 6.32.